The van der Waals surface area contributed by atoms with Crippen LogP contribution in [0.4, 0.5) is 0 Å². The van der Waals surface area contributed by atoms with Gasteiger partial charge in [0.1, 0.15) is 0 Å². The molecule has 3 rings (SSSR count). The van der Waals surface area contributed by atoms with Crippen LogP contribution in [0, 0.1) is 0 Å². The number of rotatable bonds is 3. The molecule has 1 heterocycles. The molecule has 0 unspecified atom stereocenters. The topological polar surface area (TPSA) is 56.4 Å². The van der Waals surface area contributed by atoms with Crippen LogP contribution in [-0.2, 0) is 12.8 Å². The first-order valence-electron chi connectivity index (χ1n) is 6.14. The van der Waals surface area contributed by atoms with E-state index in [1.807, 2.05) is 12.3 Å². The molecule has 19 heavy (non-hydrogen) atoms. The fourth-order valence-electron chi connectivity index (χ4n) is 2.68. The molecule has 5 heteroatoms. The summed E-state index contributed by atoms with van der Waals surface area (Å²) in [6.45, 7) is 0. The minimum Gasteiger partial charge on any atom is -0.493 e. The molecule has 1 aromatic heterocycles. The molecule has 0 radical (unpaired) electrons. The van der Waals surface area contributed by atoms with E-state index in [9.17, 15) is 0 Å². The van der Waals surface area contributed by atoms with E-state index >= 15 is 0 Å². The smallest absolute Gasteiger partial charge is 0.203 e. The van der Waals surface area contributed by atoms with Crippen molar-refractivity contribution in [2.75, 3.05) is 21.3 Å². The van der Waals surface area contributed by atoms with Gasteiger partial charge in [0.05, 0.1) is 33.2 Å². The Bertz CT molecular complexity index is 619. The molecule has 1 N–H and O–H groups in total. The maximum Gasteiger partial charge on any atom is 0.203 e. The van der Waals surface area contributed by atoms with Crippen LogP contribution in [0.15, 0.2) is 12.3 Å². The molecule has 0 aliphatic heterocycles. The quantitative estimate of drug-likeness (QED) is 0.919. The van der Waals surface area contributed by atoms with Gasteiger partial charge in [0.15, 0.2) is 11.5 Å². The Morgan fingerprint density at radius 1 is 1.05 bits per heavy atom. The van der Waals surface area contributed by atoms with Crippen molar-refractivity contribution in [3.63, 3.8) is 0 Å². The zero-order valence-corrected chi connectivity index (χ0v) is 11.2. The third-order valence-electron chi connectivity index (χ3n) is 3.56. The Balaban J connectivity index is 2.29. The van der Waals surface area contributed by atoms with Crippen molar-refractivity contribution in [2.24, 2.45) is 0 Å². The second-order valence-electron chi connectivity index (χ2n) is 4.44. The molecule has 0 spiro atoms. The molecule has 100 valence electrons. The summed E-state index contributed by atoms with van der Waals surface area (Å²) < 4.78 is 16.3. The molecular formula is C14H16N2O3. The molecule has 2 aromatic rings. The van der Waals surface area contributed by atoms with E-state index in [1.54, 1.807) is 21.3 Å². The van der Waals surface area contributed by atoms with Gasteiger partial charge in [-0.05, 0) is 24.5 Å². The van der Waals surface area contributed by atoms with Gasteiger partial charge >= 0.3 is 0 Å². The van der Waals surface area contributed by atoms with Gasteiger partial charge in [-0.2, -0.15) is 5.10 Å². The second kappa shape index (κ2) is 4.50. The largest absolute Gasteiger partial charge is 0.493 e. The van der Waals surface area contributed by atoms with Crippen molar-refractivity contribution < 1.29 is 14.2 Å². The van der Waals surface area contributed by atoms with Gasteiger partial charge in [0, 0.05) is 11.1 Å². The van der Waals surface area contributed by atoms with Crippen molar-refractivity contribution in [3.8, 4) is 28.5 Å². The molecule has 0 saturated carbocycles. The highest BCUT2D eigenvalue weighted by molar-refractivity contribution is 5.77. The Morgan fingerprint density at radius 2 is 1.84 bits per heavy atom. The van der Waals surface area contributed by atoms with E-state index in [-0.39, 0.29) is 0 Å². The number of fused-ring (bicyclic) bond motifs is 3. The number of H-pyrrole nitrogens is 1. The van der Waals surface area contributed by atoms with Crippen molar-refractivity contribution in [1.29, 1.82) is 0 Å². The number of methoxy groups -OCH3 is 3. The molecule has 1 aliphatic carbocycles. The van der Waals surface area contributed by atoms with Gasteiger partial charge in [-0.3, -0.25) is 5.10 Å². The van der Waals surface area contributed by atoms with Crippen LogP contribution in [0.1, 0.15) is 11.1 Å². The highest BCUT2D eigenvalue weighted by atomic mass is 16.5. The summed E-state index contributed by atoms with van der Waals surface area (Å²) in [4.78, 5) is 0. The Morgan fingerprint density at radius 3 is 2.53 bits per heavy atom. The first kappa shape index (κ1) is 11.9. The summed E-state index contributed by atoms with van der Waals surface area (Å²) in [6, 6.07) is 1.98. The zero-order valence-electron chi connectivity index (χ0n) is 11.2. The number of aryl methyl sites for hydroxylation is 1. The lowest BCUT2D eigenvalue weighted by atomic mass is 9.89. The molecule has 1 aromatic carbocycles. The van der Waals surface area contributed by atoms with Crippen molar-refractivity contribution in [1.82, 2.24) is 10.2 Å². The van der Waals surface area contributed by atoms with Crippen LogP contribution < -0.4 is 14.2 Å². The highest BCUT2D eigenvalue weighted by Gasteiger charge is 2.26. The van der Waals surface area contributed by atoms with Crippen LogP contribution in [-0.4, -0.2) is 31.5 Å². The number of nitrogens with zero attached hydrogens (tertiary/aromatic N) is 1. The number of hydrogen-bond acceptors (Lipinski definition) is 4. The lowest BCUT2D eigenvalue weighted by molar-refractivity contribution is 0.322. The summed E-state index contributed by atoms with van der Waals surface area (Å²) in [6.07, 6.45) is 3.73. The maximum atomic E-state index is 5.53. The summed E-state index contributed by atoms with van der Waals surface area (Å²) in [5.74, 6) is 2.06. The van der Waals surface area contributed by atoms with Gasteiger partial charge in [-0.1, -0.05) is 0 Å². The Kier molecular flexibility index (Phi) is 2.81. The van der Waals surface area contributed by atoms with Crippen molar-refractivity contribution in [2.45, 2.75) is 12.8 Å². The number of ether oxygens (including phenoxy) is 3. The lowest BCUT2D eigenvalue weighted by Gasteiger charge is -2.22. The molecule has 0 atom stereocenters. The molecular weight excluding hydrogens is 244 g/mol. The first-order chi connectivity index (χ1) is 9.30. The monoisotopic (exact) mass is 260 g/mol. The minimum atomic E-state index is 0.645. The molecule has 0 saturated heterocycles. The van der Waals surface area contributed by atoms with Gasteiger partial charge in [-0.25, -0.2) is 0 Å². The highest BCUT2D eigenvalue weighted by Crippen LogP contribution is 2.47. The number of benzene rings is 1. The van der Waals surface area contributed by atoms with Crippen LogP contribution in [0.5, 0.6) is 17.2 Å². The van der Waals surface area contributed by atoms with Crippen LogP contribution in [0.3, 0.4) is 0 Å². The van der Waals surface area contributed by atoms with Gasteiger partial charge in [0.2, 0.25) is 5.75 Å². The number of aromatic nitrogens is 2. The predicted molar refractivity (Wildman–Crippen MR) is 71.1 cm³/mol. The van der Waals surface area contributed by atoms with Gasteiger partial charge in [0.25, 0.3) is 0 Å². The zero-order chi connectivity index (χ0) is 13.4. The summed E-state index contributed by atoms with van der Waals surface area (Å²) in [5.41, 5.74) is 4.48. The van der Waals surface area contributed by atoms with Gasteiger partial charge < -0.3 is 14.2 Å². The second-order valence-corrected chi connectivity index (χ2v) is 4.44. The molecule has 0 fully saturated rings. The average molecular weight is 260 g/mol. The van der Waals surface area contributed by atoms with Crippen molar-refractivity contribution >= 4 is 0 Å². The predicted octanol–water partition coefficient (Wildman–Crippen LogP) is 2.20. The molecule has 0 bridgehead atoms. The summed E-state index contributed by atoms with van der Waals surface area (Å²) in [7, 11) is 4.90. The van der Waals surface area contributed by atoms with Crippen LogP contribution in [0.25, 0.3) is 11.3 Å². The Hall–Kier alpha value is -2.17. The summed E-state index contributed by atoms with van der Waals surface area (Å²) >= 11 is 0. The number of aromatic amines is 1. The third-order valence-corrected chi connectivity index (χ3v) is 3.56. The van der Waals surface area contributed by atoms with Gasteiger partial charge in [-0.15, -0.1) is 0 Å². The summed E-state index contributed by atoms with van der Waals surface area (Å²) in [5, 5.41) is 7.17. The van der Waals surface area contributed by atoms with E-state index in [2.05, 4.69) is 10.2 Å². The van der Waals surface area contributed by atoms with E-state index in [4.69, 9.17) is 14.2 Å². The maximum absolute atomic E-state index is 5.53. The first-order valence-corrected chi connectivity index (χ1v) is 6.14. The fraction of sp³-hybridized carbons (Fsp3) is 0.357. The van der Waals surface area contributed by atoms with E-state index in [1.165, 1.54) is 5.56 Å². The minimum absolute atomic E-state index is 0.645. The SMILES string of the molecule is COc1cc2c(c(OC)c1OC)CCc1cn[nH]c1-2. The van der Waals surface area contributed by atoms with E-state index < -0.39 is 0 Å². The van der Waals surface area contributed by atoms with Crippen molar-refractivity contribution in [3.05, 3.63) is 23.4 Å². The molecule has 1 aliphatic rings. The molecule has 0 amide bonds. The number of nitrogens with one attached hydrogen (secondary N) is 1. The van der Waals surface area contributed by atoms with Crippen LogP contribution in [0.2, 0.25) is 0 Å². The van der Waals surface area contributed by atoms with E-state index in [0.717, 1.165) is 35.4 Å². The standard InChI is InChI=1S/C14H16N2O3/c1-17-11-6-10-9(13(18-2)14(11)19-3)5-4-8-7-15-16-12(8)10/h6-7H,4-5H2,1-3H3,(H,15,16). The third kappa shape index (κ3) is 1.65. The van der Waals surface area contributed by atoms with E-state index in [0.29, 0.717) is 11.5 Å². The fourth-order valence-corrected chi connectivity index (χ4v) is 2.68. The average Bonchev–Trinajstić information content (AvgIpc) is 2.93. The Labute approximate surface area is 111 Å². The number of hydrogen-bond donors (Lipinski definition) is 1. The molecule has 5 nitrogen and oxygen atoms in total. The normalized spacial score (nSPS) is 12.6. The lowest BCUT2D eigenvalue weighted by Crippen LogP contribution is -2.07. The van der Waals surface area contributed by atoms with Crippen LogP contribution >= 0.6 is 0 Å².